The molecule has 22 heavy (non-hydrogen) atoms. The number of nitrogens with zero attached hydrogens (tertiary/aromatic N) is 1. The number of benzene rings is 1. The fraction of sp³-hybridized carbons (Fsp3) is 0.438. The molecule has 5 nitrogen and oxygen atoms in total. The fourth-order valence-electron chi connectivity index (χ4n) is 2.98. The standard InChI is InChI=1S/C16H21N3O2S/c1-12-9-18-10-13-5-3-6-14(15(12)13)22(20,21)16(2)11-17-7-4-8-19-16/h3,5-6,9-10,17,19H,4,7-8,11H2,1-2H3/t16-/m1/s1. The van der Waals surface area contributed by atoms with Crippen molar-refractivity contribution in [2.24, 2.45) is 0 Å². The normalized spacial score (nSPS) is 23.4. The minimum Gasteiger partial charge on any atom is -0.314 e. The van der Waals surface area contributed by atoms with Crippen LogP contribution in [0.4, 0.5) is 0 Å². The van der Waals surface area contributed by atoms with E-state index in [9.17, 15) is 8.42 Å². The maximum Gasteiger partial charge on any atom is 0.198 e. The molecule has 0 bridgehead atoms. The van der Waals surface area contributed by atoms with E-state index in [4.69, 9.17) is 0 Å². The number of hydrogen-bond acceptors (Lipinski definition) is 5. The molecule has 1 saturated heterocycles. The van der Waals surface area contributed by atoms with Crippen molar-refractivity contribution in [3.05, 3.63) is 36.2 Å². The number of sulfone groups is 1. The van der Waals surface area contributed by atoms with Crippen LogP contribution in [0.2, 0.25) is 0 Å². The summed E-state index contributed by atoms with van der Waals surface area (Å²) in [5.74, 6) is 0. The second-order valence-corrected chi connectivity index (χ2v) is 8.35. The Morgan fingerprint density at radius 3 is 2.86 bits per heavy atom. The molecule has 0 saturated carbocycles. The van der Waals surface area contributed by atoms with Crippen LogP contribution in [0.1, 0.15) is 18.9 Å². The number of nitrogens with one attached hydrogen (secondary N) is 2. The number of hydrogen-bond donors (Lipinski definition) is 2. The number of aryl methyl sites for hydroxylation is 1. The lowest BCUT2D eigenvalue weighted by molar-refractivity contribution is 0.462. The predicted molar refractivity (Wildman–Crippen MR) is 87.6 cm³/mol. The van der Waals surface area contributed by atoms with E-state index < -0.39 is 14.7 Å². The Labute approximate surface area is 131 Å². The van der Waals surface area contributed by atoms with Gasteiger partial charge in [0, 0.05) is 29.7 Å². The number of pyridine rings is 1. The van der Waals surface area contributed by atoms with Gasteiger partial charge in [-0.05, 0) is 45.0 Å². The third-order valence-electron chi connectivity index (χ3n) is 4.31. The topological polar surface area (TPSA) is 71.1 Å². The summed E-state index contributed by atoms with van der Waals surface area (Å²) in [6, 6.07) is 5.38. The van der Waals surface area contributed by atoms with Crippen molar-refractivity contribution in [3.63, 3.8) is 0 Å². The van der Waals surface area contributed by atoms with Crippen LogP contribution in [0.15, 0.2) is 35.5 Å². The van der Waals surface area contributed by atoms with Crippen LogP contribution in [0.25, 0.3) is 10.8 Å². The van der Waals surface area contributed by atoms with Crippen molar-refractivity contribution in [2.75, 3.05) is 19.6 Å². The Kier molecular flexibility index (Phi) is 3.92. The molecule has 0 unspecified atom stereocenters. The molecule has 1 aromatic carbocycles. The Balaban J connectivity index is 2.21. The fourth-order valence-corrected chi connectivity index (χ4v) is 4.86. The van der Waals surface area contributed by atoms with Gasteiger partial charge in [-0.2, -0.15) is 0 Å². The molecule has 1 fully saturated rings. The van der Waals surface area contributed by atoms with Gasteiger partial charge in [0.2, 0.25) is 0 Å². The molecule has 3 rings (SSSR count). The highest BCUT2D eigenvalue weighted by molar-refractivity contribution is 7.93. The number of fused-ring (bicyclic) bond motifs is 1. The molecule has 2 aromatic rings. The van der Waals surface area contributed by atoms with E-state index in [1.54, 1.807) is 31.5 Å². The summed E-state index contributed by atoms with van der Waals surface area (Å²) in [5.41, 5.74) is 0.877. The Morgan fingerprint density at radius 1 is 1.23 bits per heavy atom. The minimum atomic E-state index is -3.54. The molecular weight excluding hydrogens is 298 g/mol. The van der Waals surface area contributed by atoms with Crippen molar-refractivity contribution in [3.8, 4) is 0 Å². The van der Waals surface area contributed by atoms with Gasteiger partial charge < -0.3 is 5.32 Å². The van der Waals surface area contributed by atoms with Crippen LogP contribution >= 0.6 is 0 Å². The summed E-state index contributed by atoms with van der Waals surface area (Å²) in [7, 11) is -3.54. The minimum absolute atomic E-state index is 0.378. The summed E-state index contributed by atoms with van der Waals surface area (Å²) in [6.45, 7) is 5.58. The first kappa shape index (κ1) is 15.4. The summed E-state index contributed by atoms with van der Waals surface area (Å²) >= 11 is 0. The van der Waals surface area contributed by atoms with E-state index >= 15 is 0 Å². The molecule has 1 aliphatic heterocycles. The molecular formula is C16H21N3O2S. The zero-order chi connectivity index (χ0) is 15.8. The van der Waals surface area contributed by atoms with Crippen LogP contribution in [0, 0.1) is 6.92 Å². The van der Waals surface area contributed by atoms with Crippen molar-refractivity contribution in [2.45, 2.75) is 30.0 Å². The first-order chi connectivity index (χ1) is 10.5. The lowest BCUT2D eigenvalue weighted by Crippen LogP contribution is -2.54. The third kappa shape index (κ3) is 2.41. The molecule has 2 heterocycles. The zero-order valence-electron chi connectivity index (χ0n) is 12.9. The van der Waals surface area contributed by atoms with E-state index in [2.05, 4.69) is 15.6 Å². The van der Waals surface area contributed by atoms with E-state index in [0.717, 1.165) is 29.3 Å². The molecule has 2 N–H and O–H groups in total. The monoisotopic (exact) mass is 319 g/mol. The second-order valence-electron chi connectivity index (χ2n) is 6.00. The summed E-state index contributed by atoms with van der Waals surface area (Å²) in [4.78, 5) is 3.53. The van der Waals surface area contributed by atoms with Gasteiger partial charge in [0.05, 0.1) is 4.90 Å². The summed E-state index contributed by atoms with van der Waals surface area (Å²) < 4.78 is 26.6. The van der Waals surface area contributed by atoms with E-state index in [-0.39, 0.29) is 0 Å². The van der Waals surface area contributed by atoms with E-state index in [1.807, 2.05) is 13.0 Å². The largest absolute Gasteiger partial charge is 0.314 e. The molecule has 0 aliphatic carbocycles. The first-order valence-corrected chi connectivity index (χ1v) is 8.98. The number of aromatic nitrogens is 1. The van der Waals surface area contributed by atoms with Gasteiger partial charge in [-0.15, -0.1) is 0 Å². The average molecular weight is 319 g/mol. The Morgan fingerprint density at radius 2 is 2.05 bits per heavy atom. The summed E-state index contributed by atoms with van der Waals surface area (Å²) in [5, 5.41) is 8.06. The average Bonchev–Trinajstić information content (AvgIpc) is 2.73. The van der Waals surface area contributed by atoms with Crippen LogP contribution in [-0.2, 0) is 9.84 Å². The Hall–Kier alpha value is -1.50. The van der Waals surface area contributed by atoms with Gasteiger partial charge >= 0.3 is 0 Å². The molecule has 1 atom stereocenters. The van der Waals surface area contributed by atoms with Crippen molar-refractivity contribution in [1.29, 1.82) is 0 Å². The van der Waals surface area contributed by atoms with Crippen LogP contribution < -0.4 is 10.6 Å². The SMILES string of the molecule is Cc1cncc2cccc(S(=O)(=O)[C@]3(C)CNCCCN3)c12. The van der Waals surface area contributed by atoms with Crippen LogP contribution in [0.5, 0.6) is 0 Å². The predicted octanol–water partition coefficient (Wildman–Crippen LogP) is 1.62. The van der Waals surface area contributed by atoms with Crippen LogP contribution in [-0.4, -0.2) is 37.9 Å². The molecule has 0 spiro atoms. The highest BCUT2D eigenvalue weighted by atomic mass is 32.2. The smallest absolute Gasteiger partial charge is 0.198 e. The maximum absolute atomic E-state index is 13.3. The van der Waals surface area contributed by atoms with Crippen molar-refractivity contribution >= 4 is 20.6 Å². The molecule has 118 valence electrons. The lowest BCUT2D eigenvalue weighted by Gasteiger charge is -2.29. The quantitative estimate of drug-likeness (QED) is 0.880. The van der Waals surface area contributed by atoms with Gasteiger partial charge in [-0.3, -0.25) is 10.3 Å². The maximum atomic E-state index is 13.3. The van der Waals surface area contributed by atoms with Gasteiger partial charge in [-0.25, -0.2) is 8.42 Å². The third-order valence-corrected chi connectivity index (χ3v) is 6.70. The van der Waals surface area contributed by atoms with Gasteiger partial charge in [0.15, 0.2) is 9.84 Å². The van der Waals surface area contributed by atoms with Gasteiger partial charge in [0.25, 0.3) is 0 Å². The lowest BCUT2D eigenvalue weighted by atomic mass is 10.1. The first-order valence-electron chi connectivity index (χ1n) is 7.49. The summed E-state index contributed by atoms with van der Waals surface area (Å²) in [6.07, 6.45) is 4.34. The van der Waals surface area contributed by atoms with Gasteiger partial charge in [0.1, 0.15) is 4.87 Å². The molecule has 0 amide bonds. The van der Waals surface area contributed by atoms with E-state index in [0.29, 0.717) is 18.0 Å². The van der Waals surface area contributed by atoms with Gasteiger partial charge in [-0.1, -0.05) is 12.1 Å². The zero-order valence-corrected chi connectivity index (χ0v) is 13.7. The van der Waals surface area contributed by atoms with E-state index in [1.165, 1.54) is 0 Å². The second kappa shape index (κ2) is 5.61. The highest BCUT2D eigenvalue weighted by Gasteiger charge is 2.41. The molecule has 0 radical (unpaired) electrons. The molecule has 1 aliphatic rings. The van der Waals surface area contributed by atoms with Crippen molar-refractivity contribution < 1.29 is 8.42 Å². The molecule has 1 aromatic heterocycles. The Bertz CT molecular complexity index is 789. The number of rotatable bonds is 2. The molecule has 6 heteroatoms. The van der Waals surface area contributed by atoms with Crippen molar-refractivity contribution in [1.82, 2.24) is 15.6 Å². The van der Waals surface area contributed by atoms with Crippen LogP contribution in [0.3, 0.4) is 0 Å². The highest BCUT2D eigenvalue weighted by Crippen LogP contribution is 2.31.